The highest BCUT2D eigenvalue weighted by atomic mass is 16.5. The number of hydrogen-bond acceptors (Lipinski definition) is 3. The lowest BCUT2D eigenvalue weighted by molar-refractivity contribution is -0.129. The molecule has 1 aromatic carbocycles. The number of rotatable bonds is 3. The minimum Gasteiger partial charge on any atom is -0.349 e. The van der Waals surface area contributed by atoms with E-state index in [-0.39, 0.29) is 11.9 Å². The van der Waals surface area contributed by atoms with Gasteiger partial charge in [-0.15, -0.1) is 0 Å². The molecule has 0 saturated carbocycles. The van der Waals surface area contributed by atoms with Gasteiger partial charge in [0.05, 0.1) is 6.04 Å². The van der Waals surface area contributed by atoms with Crippen LogP contribution in [0.3, 0.4) is 0 Å². The minimum atomic E-state index is -0.557. The van der Waals surface area contributed by atoms with E-state index in [4.69, 9.17) is 5.21 Å². The second kappa shape index (κ2) is 5.84. The number of carbonyl (C=O) groups is 2. The highest BCUT2D eigenvalue weighted by Crippen LogP contribution is 2.18. The SMILES string of the molecule is C[C@@H](NC(=O)C(C)(C)C)c1ccc(C(=O)NO)cc1. The molecule has 1 aromatic rings. The molecule has 0 aliphatic carbocycles. The van der Waals surface area contributed by atoms with E-state index in [1.54, 1.807) is 29.7 Å². The van der Waals surface area contributed by atoms with Crippen molar-refractivity contribution >= 4 is 11.8 Å². The Morgan fingerprint density at radius 1 is 1.16 bits per heavy atom. The molecule has 1 atom stereocenters. The van der Waals surface area contributed by atoms with Crippen molar-refractivity contribution in [2.24, 2.45) is 5.41 Å². The van der Waals surface area contributed by atoms with Gasteiger partial charge in [-0.3, -0.25) is 14.8 Å². The zero-order valence-corrected chi connectivity index (χ0v) is 11.7. The molecular weight excluding hydrogens is 244 g/mol. The average Bonchev–Trinajstić information content (AvgIpc) is 2.36. The lowest BCUT2D eigenvalue weighted by Crippen LogP contribution is -2.36. The molecule has 5 heteroatoms. The van der Waals surface area contributed by atoms with Crippen molar-refractivity contribution in [2.45, 2.75) is 33.7 Å². The van der Waals surface area contributed by atoms with E-state index < -0.39 is 11.3 Å². The van der Waals surface area contributed by atoms with Gasteiger partial charge in [0, 0.05) is 11.0 Å². The summed E-state index contributed by atoms with van der Waals surface area (Å²) in [6.07, 6.45) is 0. The Hall–Kier alpha value is -1.88. The second-order valence-corrected chi connectivity index (χ2v) is 5.51. The summed E-state index contributed by atoms with van der Waals surface area (Å²) in [6, 6.07) is 6.55. The molecule has 0 bridgehead atoms. The molecule has 1 rings (SSSR count). The maximum absolute atomic E-state index is 11.9. The van der Waals surface area contributed by atoms with Crippen molar-refractivity contribution in [3.05, 3.63) is 35.4 Å². The molecule has 104 valence electrons. The van der Waals surface area contributed by atoms with Gasteiger partial charge in [-0.2, -0.15) is 0 Å². The Morgan fingerprint density at radius 2 is 1.68 bits per heavy atom. The fourth-order valence-corrected chi connectivity index (χ4v) is 1.48. The van der Waals surface area contributed by atoms with Crippen LogP contribution < -0.4 is 10.8 Å². The van der Waals surface area contributed by atoms with Crippen LogP contribution >= 0.6 is 0 Å². The van der Waals surface area contributed by atoms with Crippen molar-refractivity contribution in [3.8, 4) is 0 Å². The summed E-state index contributed by atoms with van der Waals surface area (Å²) in [6.45, 7) is 7.43. The Morgan fingerprint density at radius 3 is 2.11 bits per heavy atom. The third-order valence-electron chi connectivity index (χ3n) is 2.80. The third kappa shape index (κ3) is 4.06. The van der Waals surface area contributed by atoms with Crippen LogP contribution in [0.25, 0.3) is 0 Å². The molecule has 5 nitrogen and oxygen atoms in total. The van der Waals surface area contributed by atoms with E-state index in [2.05, 4.69) is 5.32 Å². The molecule has 0 fully saturated rings. The maximum Gasteiger partial charge on any atom is 0.274 e. The van der Waals surface area contributed by atoms with Crippen molar-refractivity contribution in [3.63, 3.8) is 0 Å². The fourth-order valence-electron chi connectivity index (χ4n) is 1.48. The Bertz CT molecular complexity index is 461. The van der Waals surface area contributed by atoms with Crippen LogP contribution in [-0.2, 0) is 4.79 Å². The highest BCUT2D eigenvalue weighted by Gasteiger charge is 2.22. The lowest BCUT2D eigenvalue weighted by Gasteiger charge is -2.22. The van der Waals surface area contributed by atoms with Gasteiger partial charge >= 0.3 is 0 Å². The first kappa shape index (κ1) is 15.2. The summed E-state index contributed by atoms with van der Waals surface area (Å²) < 4.78 is 0. The first-order valence-electron chi connectivity index (χ1n) is 6.11. The van der Waals surface area contributed by atoms with Gasteiger partial charge in [0.15, 0.2) is 0 Å². The van der Waals surface area contributed by atoms with Crippen molar-refractivity contribution in [1.82, 2.24) is 10.8 Å². The number of amides is 2. The van der Waals surface area contributed by atoms with Crippen molar-refractivity contribution in [2.75, 3.05) is 0 Å². The van der Waals surface area contributed by atoms with Crippen LogP contribution in [0.5, 0.6) is 0 Å². The molecule has 2 amide bonds. The van der Waals surface area contributed by atoms with Gasteiger partial charge in [0.1, 0.15) is 0 Å². The molecule has 19 heavy (non-hydrogen) atoms. The number of carbonyl (C=O) groups excluding carboxylic acids is 2. The summed E-state index contributed by atoms with van der Waals surface area (Å²) in [5.41, 5.74) is 2.39. The van der Waals surface area contributed by atoms with Crippen molar-refractivity contribution in [1.29, 1.82) is 0 Å². The second-order valence-electron chi connectivity index (χ2n) is 5.51. The van der Waals surface area contributed by atoms with Crippen LogP contribution in [0.1, 0.15) is 49.7 Å². The van der Waals surface area contributed by atoms with E-state index >= 15 is 0 Å². The summed E-state index contributed by atoms with van der Waals surface area (Å²) >= 11 is 0. The molecule has 0 radical (unpaired) electrons. The normalized spacial score (nSPS) is 12.7. The van der Waals surface area contributed by atoms with Gasteiger partial charge in [0.25, 0.3) is 5.91 Å². The average molecular weight is 264 g/mol. The summed E-state index contributed by atoms with van der Waals surface area (Å²) in [5, 5.41) is 11.4. The van der Waals surface area contributed by atoms with E-state index in [0.29, 0.717) is 5.56 Å². The molecular formula is C14H20N2O3. The van der Waals surface area contributed by atoms with Gasteiger partial charge in [-0.1, -0.05) is 32.9 Å². The number of hydrogen-bond donors (Lipinski definition) is 3. The van der Waals surface area contributed by atoms with Gasteiger partial charge in [-0.25, -0.2) is 5.48 Å². The van der Waals surface area contributed by atoms with Gasteiger partial charge in [0.2, 0.25) is 5.91 Å². The van der Waals surface area contributed by atoms with Crippen LogP contribution in [0, 0.1) is 5.41 Å². The maximum atomic E-state index is 11.9. The number of nitrogens with one attached hydrogen (secondary N) is 2. The topological polar surface area (TPSA) is 78.4 Å². The van der Waals surface area contributed by atoms with E-state index in [0.717, 1.165) is 5.56 Å². The summed E-state index contributed by atoms with van der Waals surface area (Å²) in [5.74, 6) is -0.588. The van der Waals surface area contributed by atoms with E-state index in [9.17, 15) is 9.59 Å². The Kier molecular flexibility index (Phi) is 4.67. The predicted molar refractivity (Wildman–Crippen MR) is 71.7 cm³/mol. The number of hydroxylamine groups is 1. The first-order chi connectivity index (χ1) is 8.75. The minimum absolute atomic E-state index is 0.0304. The molecule has 0 spiro atoms. The standard InChI is InChI=1S/C14H20N2O3/c1-9(15-13(18)14(2,3)4)10-5-7-11(8-6-10)12(17)16-19/h5-9,19H,1-4H3,(H,15,18)(H,16,17)/t9-/m1/s1. The summed E-state index contributed by atoms with van der Waals surface area (Å²) in [7, 11) is 0. The lowest BCUT2D eigenvalue weighted by atomic mass is 9.94. The van der Waals surface area contributed by atoms with E-state index in [1.807, 2.05) is 27.7 Å². The fraction of sp³-hybridized carbons (Fsp3) is 0.429. The van der Waals surface area contributed by atoms with Crippen molar-refractivity contribution < 1.29 is 14.8 Å². The Labute approximate surface area is 113 Å². The van der Waals surface area contributed by atoms with Crippen LogP contribution in [-0.4, -0.2) is 17.0 Å². The Balaban J connectivity index is 2.76. The largest absolute Gasteiger partial charge is 0.349 e. The molecule has 0 aliphatic heterocycles. The molecule has 0 unspecified atom stereocenters. The predicted octanol–water partition coefficient (Wildman–Crippen LogP) is 2.03. The smallest absolute Gasteiger partial charge is 0.274 e. The zero-order chi connectivity index (χ0) is 14.6. The van der Waals surface area contributed by atoms with Gasteiger partial charge in [-0.05, 0) is 24.6 Å². The molecule has 0 aromatic heterocycles. The van der Waals surface area contributed by atoms with E-state index in [1.165, 1.54) is 0 Å². The molecule has 3 N–H and O–H groups in total. The van der Waals surface area contributed by atoms with Gasteiger partial charge < -0.3 is 5.32 Å². The third-order valence-corrected chi connectivity index (χ3v) is 2.80. The number of benzene rings is 1. The van der Waals surface area contributed by atoms with Crippen LogP contribution in [0.4, 0.5) is 0 Å². The molecule has 0 aliphatic rings. The van der Waals surface area contributed by atoms with Crippen LogP contribution in [0.15, 0.2) is 24.3 Å². The molecule has 0 heterocycles. The highest BCUT2D eigenvalue weighted by molar-refractivity contribution is 5.93. The zero-order valence-electron chi connectivity index (χ0n) is 11.7. The molecule has 0 saturated heterocycles. The van der Waals surface area contributed by atoms with Crippen LogP contribution in [0.2, 0.25) is 0 Å². The first-order valence-corrected chi connectivity index (χ1v) is 6.11. The quantitative estimate of drug-likeness (QED) is 0.577. The summed E-state index contributed by atoms with van der Waals surface area (Å²) in [4.78, 5) is 23.0. The monoisotopic (exact) mass is 264 g/mol.